The van der Waals surface area contributed by atoms with E-state index in [0.29, 0.717) is 13.0 Å². The van der Waals surface area contributed by atoms with Gasteiger partial charge in [0, 0.05) is 19.5 Å². The van der Waals surface area contributed by atoms with Gasteiger partial charge in [-0.15, -0.1) is 0 Å². The number of nitrogens with zero attached hydrogens (tertiary/aromatic N) is 1. The lowest BCUT2D eigenvalue weighted by molar-refractivity contribution is -0.126. The van der Waals surface area contributed by atoms with Gasteiger partial charge >= 0.3 is 0 Å². The Labute approximate surface area is 147 Å². The third kappa shape index (κ3) is 4.18. The number of hydrogen-bond acceptors (Lipinski definition) is 3. The molecule has 2 amide bonds. The minimum atomic E-state index is -0.457. The average Bonchev–Trinajstić information content (AvgIpc) is 2.94. The Kier molecular flexibility index (Phi) is 5.37. The molecule has 0 bridgehead atoms. The van der Waals surface area contributed by atoms with Crippen LogP contribution >= 0.6 is 0 Å². The number of carbonyl (C=O) groups excluding carboxylic acids is 2. The van der Waals surface area contributed by atoms with Crippen LogP contribution in [0.4, 0.5) is 10.1 Å². The molecule has 2 N–H and O–H groups in total. The second kappa shape index (κ2) is 7.52. The molecule has 1 aromatic carbocycles. The van der Waals surface area contributed by atoms with E-state index in [4.69, 9.17) is 0 Å². The highest BCUT2D eigenvalue weighted by atomic mass is 19.1. The molecule has 1 aromatic rings. The molecular formula is C19H25FN2O3. The van der Waals surface area contributed by atoms with E-state index in [2.05, 4.69) is 5.32 Å². The molecule has 25 heavy (non-hydrogen) atoms. The summed E-state index contributed by atoms with van der Waals surface area (Å²) in [6, 6.07) is 4.74. The van der Waals surface area contributed by atoms with Gasteiger partial charge in [-0.1, -0.05) is 12.5 Å². The number of halogens is 1. The van der Waals surface area contributed by atoms with Crippen LogP contribution in [0.1, 0.15) is 37.7 Å². The quantitative estimate of drug-likeness (QED) is 0.876. The first-order valence-corrected chi connectivity index (χ1v) is 8.96. The van der Waals surface area contributed by atoms with Crippen molar-refractivity contribution in [3.05, 3.63) is 29.6 Å². The van der Waals surface area contributed by atoms with E-state index < -0.39 is 11.7 Å². The lowest BCUT2D eigenvalue weighted by Crippen LogP contribution is -2.37. The molecule has 2 aliphatic rings. The van der Waals surface area contributed by atoms with Crippen LogP contribution < -0.4 is 10.2 Å². The highest BCUT2D eigenvalue weighted by molar-refractivity contribution is 6.00. The molecule has 0 radical (unpaired) electrons. The number of amides is 2. The molecule has 2 fully saturated rings. The van der Waals surface area contributed by atoms with Gasteiger partial charge in [-0.3, -0.25) is 9.59 Å². The van der Waals surface area contributed by atoms with E-state index in [1.165, 1.54) is 11.0 Å². The molecule has 1 saturated heterocycles. The molecule has 6 heteroatoms. The number of aliphatic hydroxyl groups is 1. The normalized spacial score (nSPS) is 26.8. The topological polar surface area (TPSA) is 69.6 Å². The molecular weight excluding hydrogens is 323 g/mol. The van der Waals surface area contributed by atoms with Crippen LogP contribution in [0.15, 0.2) is 18.2 Å². The fraction of sp³-hybridized carbons (Fsp3) is 0.579. The fourth-order valence-electron chi connectivity index (χ4n) is 3.78. The lowest BCUT2D eigenvalue weighted by Gasteiger charge is -2.26. The van der Waals surface area contributed by atoms with E-state index in [9.17, 15) is 19.1 Å². The zero-order valence-electron chi connectivity index (χ0n) is 14.5. The molecule has 1 aliphatic heterocycles. The molecule has 0 aromatic heterocycles. The fourth-order valence-corrected chi connectivity index (χ4v) is 3.78. The zero-order valence-corrected chi connectivity index (χ0v) is 14.5. The standard InChI is InChI=1S/C19H25FN2O3/c1-12-5-6-17(16(20)7-12)22-11-14(9-18(22)24)19(25)21-10-13-3-2-4-15(23)8-13/h5-7,13-15,23H,2-4,8-11H2,1H3,(H,21,25). The van der Waals surface area contributed by atoms with Crippen molar-refractivity contribution in [2.24, 2.45) is 11.8 Å². The summed E-state index contributed by atoms with van der Waals surface area (Å²) in [6.07, 6.45) is 3.35. The zero-order chi connectivity index (χ0) is 18.0. The molecule has 5 nitrogen and oxygen atoms in total. The summed E-state index contributed by atoms with van der Waals surface area (Å²) in [5.74, 6) is -0.998. The average molecular weight is 348 g/mol. The summed E-state index contributed by atoms with van der Waals surface area (Å²) in [4.78, 5) is 26.0. The van der Waals surface area contributed by atoms with E-state index in [-0.39, 0.29) is 42.5 Å². The van der Waals surface area contributed by atoms with Crippen molar-refractivity contribution in [1.82, 2.24) is 5.32 Å². The molecule has 0 spiro atoms. The maximum Gasteiger partial charge on any atom is 0.227 e. The SMILES string of the molecule is Cc1ccc(N2CC(C(=O)NCC3CCCC(O)C3)CC2=O)c(F)c1. The van der Waals surface area contributed by atoms with Crippen molar-refractivity contribution >= 4 is 17.5 Å². The highest BCUT2D eigenvalue weighted by Gasteiger charge is 2.36. The molecule has 1 saturated carbocycles. The Morgan fingerprint density at radius 1 is 1.40 bits per heavy atom. The predicted octanol–water partition coefficient (Wildman–Crippen LogP) is 2.15. The lowest BCUT2D eigenvalue weighted by atomic mass is 9.87. The monoisotopic (exact) mass is 348 g/mol. The maximum atomic E-state index is 14.1. The highest BCUT2D eigenvalue weighted by Crippen LogP contribution is 2.28. The van der Waals surface area contributed by atoms with Crippen molar-refractivity contribution < 1.29 is 19.1 Å². The number of aliphatic hydroxyl groups excluding tert-OH is 1. The van der Waals surface area contributed by atoms with Crippen LogP contribution in [-0.2, 0) is 9.59 Å². The Morgan fingerprint density at radius 2 is 2.20 bits per heavy atom. The number of anilines is 1. The number of hydrogen-bond donors (Lipinski definition) is 2. The molecule has 1 aliphatic carbocycles. The van der Waals surface area contributed by atoms with Crippen LogP contribution in [-0.4, -0.2) is 36.1 Å². The van der Waals surface area contributed by atoms with Gasteiger partial charge in [-0.2, -0.15) is 0 Å². The summed E-state index contributed by atoms with van der Waals surface area (Å²) in [5, 5.41) is 12.6. The number of benzene rings is 1. The van der Waals surface area contributed by atoms with Crippen LogP contribution in [0.2, 0.25) is 0 Å². The summed E-state index contributed by atoms with van der Waals surface area (Å²) in [5.41, 5.74) is 1.03. The molecule has 3 unspecified atom stereocenters. The molecule has 136 valence electrons. The Bertz CT molecular complexity index is 664. The Hall–Kier alpha value is -1.95. The van der Waals surface area contributed by atoms with E-state index in [1.807, 2.05) is 0 Å². The Balaban J connectivity index is 1.57. The van der Waals surface area contributed by atoms with Crippen molar-refractivity contribution in [3.63, 3.8) is 0 Å². The minimum Gasteiger partial charge on any atom is -0.393 e. The van der Waals surface area contributed by atoms with Gasteiger partial charge in [-0.05, 0) is 49.8 Å². The van der Waals surface area contributed by atoms with Gasteiger partial charge in [0.2, 0.25) is 11.8 Å². The third-order valence-corrected chi connectivity index (χ3v) is 5.21. The van der Waals surface area contributed by atoms with Gasteiger partial charge in [0.25, 0.3) is 0 Å². The number of carbonyl (C=O) groups is 2. The van der Waals surface area contributed by atoms with E-state index in [1.54, 1.807) is 19.1 Å². The van der Waals surface area contributed by atoms with Gasteiger partial charge in [0.1, 0.15) is 5.82 Å². The van der Waals surface area contributed by atoms with Gasteiger partial charge in [0.15, 0.2) is 0 Å². The van der Waals surface area contributed by atoms with Gasteiger partial charge in [-0.25, -0.2) is 4.39 Å². The van der Waals surface area contributed by atoms with Crippen molar-refractivity contribution in [2.45, 2.75) is 45.1 Å². The predicted molar refractivity (Wildman–Crippen MR) is 92.6 cm³/mol. The summed E-state index contributed by atoms with van der Waals surface area (Å²) >= 11 is 0. The summed E-state index contributed by atoms with van der Waals surface area (Å²) < 4.78 is 14.1. The van der Waals surface area contributed by atoms with Crippen molar-refractivity contribution in [1.29, 1.82) is 0 Å². The third-order valence-electron chi connectivity index (χ3n) is 5.21. The maximum absolute atomic E-state index is 14.1. The number of aryl methyl sites for hydroxylation is 1. The largest absolute Gasteiger partial charge is 0.393 e. The number of rotatable bonds is 4. The molecule has 3 rings (SSSR count). The summed E-state index contributed by atoms with van der Waals surface area (Å²) in [7, 11) is 0. The smallest absolute Gasteiger partial charge is 0.227 e. The summed E-state index contributed by atoms with van der Waals surface area (Å²) in [6.45, 7) is 2.52. The van der Waals surface area contributed by atoms with Crippen molar-refractivity contribution in [2.75, 3.05) is 18.0 Å². The van der Waals surface area contributed by atoms with Crippen molar-refractivity contribution in [3.8, 4) is 0 Å². The second-order valence-corrected chi connectivity index (χ2v) is 7.29. The first-order chi connectivity index (χ1) is 11.9. The van der Waals surface area contributed by atoms with Crippen LogP contribution in [0.25, 0.3) is 0 Å². The van der Waals surface area contributed by atoms with E-state index in [0.717, 1.165) is 24.8 Å². The minimum absolute atomic E-state index is 0.104. The van der Waals surface area contributed by atoms with Crippen LogP contribution in [0.3, 0.4) is 0 Å². The van der Waals surface area contributed by atoms with Crippen LogP contribution in [0.5, 0.6) is 0 Å². The number of nitrogens with one attached hydrogen (secondary N) is 1. The first-order valence-electron chi connectivity index (χ1n) is 8.96. The van der Waals surface area contributed by atoms with Gasteiger partial charge in [0.05, 0.1) is 17.7 Å². The van der Waals surface area contributed by atoms with Gasteiger partial charge < -0.3 is 15.3 Å². The molecule has 3 atom stereocenters. The van der Waals surface area contributed by atoms with E-state index >= 15 is 0 Å². The second-order valence-electron chi connectivity index (χ2n) is 7.29. The molecule has 1 heterocycles. The van der Waals surface area contributed by atoms with Crippen LogP contribution in [0, 0.1) is 24.6 Å². The Morgan fingerprint density at radius 3 is 2.92 bits per heavy atom. The first kappa shape index (κ1) is 17.9.